The number of halogens is 2. The second kappa shape index (κ2) is 9.91. The Morgan fingerprint density at radius 3 is 2.71 bits per heavy atom. The van der Waals surface area contributed by atoms with Crippen LogP contribution in [-0.2, 0) is 9.53 Å². The van der Waals surface area contributed by atoms with Crippen LogP contribution < -0.4 is 10.2 Å². The molecule has 10 heteroatoms. The predicted molar refractivity (Wildman–Crippen MR) is 125 cm³/mol. The minimum Gasteiger partial charge on any atom is -0.378 e. The molecule has 0 atom stereocenters. The summed E-state index contributed by atoms with van der Waals surface area (Å²) in [4.78, 5) is 14.7. The molecular formula is C21H21Cl2N5O2S. The van der Waals surface area contributed by atoms with Gasteiger partial charge in [0.2, 0.25) is 11.9 Å². The van der Waals surface area contributed by atoms with Gasteiger partial charge < -0.3 is 15.0 Å². The van der Waals surface area contributed by atoms with E-state index in [-0.39, 0.29) is 11.7 Å². The van der Waals surface area contributed by atoms with Crippen molar-refractivity contribution in [3.8, 4) is 5.69 Å². The van der Waals surface area contributed by atoms with E-state index in [1.807, 2.05) is 29.7 Å². The van der Waals surface area contributed by atoms with Crippen molar-refractivity contribution in [1.82, 2.24) is 14.8 Å². The van der Waals surface area contributed by atoms with Crippen molar-refractivity contribution in [2.45, 2.75) is 12.1 Å². The van der Waals surface area contributed by atoms with Crippen molar-refractivity contribution >= 4 is 52.5 Å². The first-order valence-corrected chi connectivity index (χ1v) is 11.5. The molecule has 4 rings (SSSR count). The first kappa shape index (κ1) is 22.0. The minimum absolute atomic E-state index is 0.149. The number of carbonyl (C=O) groups is 1. The van der Waals surface area contributed by atoms with E-state index in [0.29, 0.717) is 34.1 Å². The van der Waals surface area contributed by atoms with Crippen molar-refractivity contribution in [3.05, 3.63) is 58.1 Å². The van der Waals surface area contributed by atoms with E-state index in [9.17, 15) is 4.79 Å². The number of aromatic nitrogens is 3. The van der Waals surface area contributed by atoms with Crippen LogP contribution in [-0.4, -0.2) is 52.7 Å². The Hall–Kier alpha value is -2.26. The molecular weight excluding hydrogens is 457 g/mol. The Morgan fingerprint density at radius 2 is 1.94 bits per heavy atom. The molecule has 3 aromatic rings. The minimum atomic E-state index is -0.208. The molecule has 1 saturated heterocycles. The smallest absolute Gasteiger partial charge is 0.234 e. The summed E-state index contributed by atoms with van der Waals surface area (Å²) in [6, 6.07) is 13.2. The lowest BCUT2D eigenvalue weighted by molar-refractivity contribution is -0.113. The van der Waals surface area contributed by atoms with E-state index >= 15 is 0 Å². The van der Waals surface area contributed by atoms with E-state index < -0.39 is 0 Å². The standard InChI is InChI=1S/C21H21Cl2N5O2S/c1-14-4-2-5-15(12-14)28-20(27-8-10-30-11-9-27)25-26-21(28)31-13-18(29)24-17-7-3-6-16(22)19(17)23/h2-7,12H,8-11,13H2,1H3,(H,24,29). The molecule has 0 bridgehead atoms. The Kier molecular flexibility index (Phi) is 7.02. The van der Waals surface area contributed by atoms with Gasteiger partial charge >= 0.3 is 0 Å². The molecule has 2 heterocycles. The van der Waals surface area contributed by atoms with Crippen LogP contribution in [0.4, 0.5) is 11.6 Å². The van der Waals surface area contributed by atoms with Gasteiger partial charge in [0.15, 0.2) is 5.16 Å². The van der Waals surface area contributed by atoms with E-state index in [4.69, 9.17) is 27.9 Å². The molecule has 1 amide bonds. The number of hydrogen-bond acceptors (Lipinski definition) is 6. The molecule has 0 radical (unpaired) electrons. The van der Waals surface area contributed by atoms with Gasteiger partial charge in [0.1, 0.15) is 0 Å². The molecule has 1 fully saturated rings. The molecule has 2 aromatic carbocycles. The van der Waals surface area contributed by atoms with Crippen LogP contribution in [0, 0.1) is 6.92 Å². The van der Waals surface area contributed by atoms with Crippen LogP contribution in [0.1, 0.15) is 5.56 Å². The number of benzene rings is 2. The number of morpholine rings is 1. The average Bonchev–Trinajstić information content (AvgIpc) is 3.20. The highest BCUT2D eigenvalue weighted by Crippen LogP contribution is 2.31. The molecule has 1 aromatic heterocycles. The zero-order chi connectivity index (χ0) is 21.8. The molecule has 162 valence electrons. The third kappa shape index (κ3) is 5.15. The third-order valence-corrected chi connectivity index (χ3v) is 6.48. The summed E-state index contributed by atoms with van der Waals surface area (Å²) in [7, 11) is 0. The van der Waals surface area contributed by atoms with E-state index in [1.54, 1.807) is 18.2 Å². The van der Waals surface area contributed by atoms with Crippen LogP contribution in [0.5, 0.6) is 0 Å². The Labute approximate surface area is 194 Å². The van der Waals surface area contributed by atoms with Crippen LogP contribution >= 0.6 is 35.0 Å². The fourth-order valence-corrected chi connectivity index (χ4v) is 4.33. The molecule has 0 spiro atoms. The van der Waals surface area contributed by atoms with Crippen molar-refractivity contribution in [2.75, 3.05) is 42.3 Å². The molecule has 1 aliphatic rings. The van der Waals surface area contributed by atoms with Crippen molar-refractivity contribution in [2.24, 2.45) is 0 Å². The maximum Gasteiger partial charge on any atom is 0.234 e. The van der Waals surface area contributed by atoms with Crippen molar-refractivity contribution in [1.29, 1.82) is 0 Å². The number of thioether (sulfide) groups is 1. The first-order chi connectivity index (χ1) is 15.0. The average molecular weight is 478 g/mol. The first-order valence-electron chi connectivity index (χ1n) is 9.75. The Bertz CT molecular complexity index is 1090. The third-order valence-electron chi connectivity index (χ3n) is 4.73. The van der Waals surface area contributed by atoms with Gasteiger partial charge in [-0.25, -0.2) is 0 Å². The number of aryl methyl sites for hydroxylation is 1. The van der Waals surface area contributed by atoms with Gasteiger partial charge in [-0.2, -0.15) is 0 Å². The predicted octanol–water partition coefficient (Wildman–Crippen LogP) is 4.45. The Balaban J connectivity index is 1.55. The molecule has 0 unspecified atom stereocenters. The number of ether oxygens (including phenoxy) is 1. The molecule has 31 heavy (non-hydrogen) atoms. The number of nitrogens with one attached hydrogen (secondary N) is 1. The monoisotopic (exact) mass is 477 g/mol. The number of nitrogens with zero attached hydrogens (tertiary/aromatic N) is 4. The summed E-state index contributed by atoms with van der Waals surface area (Å²) in [5.74, 6) is 0.686. The summed E-state index contributed by atoms with van der Waals surface area (Å²) >= 11 is 13.5. The maximum atomic E-state index is 12.5. The number of rotatable bonds is 6. The molecule has 7 nitrogen and oxygen atoms in total. The second-order valence-corrected chi connectivity index (χ2v) is 8.72. The van der Waals surface area contributed by atoms with E-state index in [1.165, 1.54) is 11.8 Å². The highest BCUT2D eigenvalue weighted by atomic mass is 35.5. The van der Waals surface area contributed by atoms with Gasteiger partial charge in [0, 0.05) is 13.1 Å². The normalized spacial score (nSPS) is 14.0. The van der Waals surface area contributed by atoms with Gasteiger partial charge in [-0.05, 0) is 36.8 Å². The second-order valence-electron chi connectivity index (χ2n) is 6.99. The fourth-order valence-electron chi connectivity index (χ4n) is 3.23. The highest BCUT2D eigenvalue weighted by molar-refractivity contribution is 7.99. The summed E-state index contributed by atoms with van der Waals surface area (Å²) in [6.45, 7) is 4.81. The van der Waals surface area contributed by atoms with E-state index in [0.717, 1.165) is 30.3 Å². The van der Waals surface area contributed by atoms with Gasteiger partial charge in [-0.3, -0.25) is 9.36 Å². The van der Waals surface area contributed by atoms with E-state index in [2.05, 4.69) is 26.5 Å². The van der Waals surface area contributed by atoms with Gasteiger partial charge in [-0.1, -0.05) is 53.2 Å². The molecule has 0 saturated carbocycles. The number of carbonyl (C=O) groups excluding carboxylic acids is 1. The summed E-state index contributed by atoms with van der Waals surface area (Å²) < 4.78 is 7.46. The number of anilines is 2. The molecule has 0 aliphatic carbocycles. The largest absolute Gasteiger partial charge is 0.378 e. The highest BCUT2D eigenvalue weighted by Gasteiger charge is 2.22. The van der Waals surface area contributed by atoms with Crippen LogP contribution in [0.25, 0.3) is 5.69 Å². The van der Waals surface area contributed by atoms with Crippen molar-refractivity contribution in [3.63, 3.8) is 0 Å². The maximum absolute atomic E-state index is 12.5. The lowest BCUT2D eigenvalue weighted by Gasteiger charge is -2.28. The summed E-state index contributed by atoms with van der Waals surface area (Å²) in [5.41, 5.74) is 2.56. The fraction of sp³-hybridized carbons (Fsp3) is 0.286. The number of amides is 1. The van der Waals surface area contributed by atoms with Gasteiger partial charge in [-0.15, -0.1) is 10.2 Å². The molecule has 1 aliphatic heterocycles. The number of hydrogen-bond donors (Lipinski definition) is 1. The molecule has 1 N–H and O–H groups in total. The zero-order valence-corrected chi connectivity index (χ0v) is 19.2. The summed E-state index contributed by atoms with van der Waals surface area (Å²) in [5, 5.41) is 12.9. The van der Waals surface area contributed by atoms with Crippen molar-refractivity contribution < 1.29 is 9.53 Å². The lowest BCUT2D eigenvalue weighted by atomic mass is 10.2. The van der Waals surface area contributed by atoms with Crippen LogP contribution in [0.15, 0.2) is 47.6 Å². The van der Waals surface area contributed by atoms with Crippen LogP contribution in [0.2, 0.25) is 10.0 Å². The topological polar surface area (TPSA) is 72.3 Å². The Morgan fingerprint density at radius 1 is 1.16 bits per heavy atom. The lowest BCUT2D eigenvalue weighted by Crippen LogP contribution is -2.37. The quantitative estimate of drug-likeness (QED) is 0.528. The SMILES string of the molecule is Cc1cccc(-n2c(SCC(=O)Nc3cccc(Cl)c3Cl)nnc2N2CCOCC2)c1. The van der Waals surface area contributed by atoms with Gasteiger partial charge in [0.05, 0.1) is 40.4 Å². The van der Waals surface area contributed by atoms with Gasteiger partial charge in [0.25, 0.3) is 0 Å². The zero-order valence-electron chi connectivity index (χ0n) is 16.8. The summed E-state index contributed by atoms with van der Waals surface area (Å²) in [6.07, 6.45) is 0. The van der Waals surface area contributed by atoms with Crippen LogP contribution in [0.3, 0.4) is 0 Å².